The zero-order valence-electron chi connectivity index (χ0n) is 10.0. The molecule has 0 fully saturated rings. The molecule has 2 rings (SSSR count). The van der Waals surface area contributed by atoms with E-state index in [9.17, 15) is 0 Å². The Bertz CT molecular complexity index is 554. The van der Waals surface area contributed by atoms with Crippen molar-refractivity contribution in [3.8, 4) is 6.07 Å². The van der Waals surface area contributed by atoms with Crippen molar-refractivity contribution in [3.05, 3.63) is 36.5 Å². The summed E-state index contributed by atoms with van der Waals surface area (Å²) in [6.07, 6.45) is 6.90. The van der Waals surface area contributed by atoms with Crippen molar-refractivity contribution in [1.82, 2.24) is 14.5 Å². The molecule has 0 aliphatic rings. The molecule has 0 aliphatic heterocycles. The minimum Gasteiger partial charge on any atom is -0.397 e. The van der Waals surface area contributed by atoms with Gasteiger partial charge in [-0.25, -0.2) is 9.97 Å². The van der Waals surface area contributed by atoms with Crippen molar-refractivity contribution in [2.24, 2.45) is 0 Å². The number of nitrogens with one attached hydrogen (secondary N) is 1. The molecule has 0 aromatic carbocycles. The van der Waals surface area contributed by atoms with Crippen LogP contribution in [0.5, 0.6) is 0 Å². The summed E-state index contributed by atoms with van der Waals surface area (Å²) in [5.74, 6) is 0.555. The highest BCUT2D eigenvalue weighted by molar-refractivity contribution is 5.57. The number of aromatic nitrogens is 3. The third-order valence-electron chi connectivity index (χ3n) is 2.46. The van der Waals surface area contributed by atoms with Crippen LogP contribution in [-0.4, -0.2) is 20.6 Å². The molecule has 2 heterocycles. The van der Waals surface area contributed by atoms with Gasteiger partial charge in [0, 0.05) is 25.0 Å². The average molecular weight is 242 g/mol. The van der Waals surface area contributed by atoms with Gasteiger partial charge in [-0.1, -0.05) is 0 Å². The highest BCUT2D eigenvalue weighted by Gasteiger charge is 2.08. The molecule has 18 heavy (non-hydrogen) atoms. The average Bonchev–Trinajstić information content (AvgIpc) is 2.84. The molecule has 2 aromatic rings. The maximum absolute atomic E-state index is 9.01. The molecular formula is C12H14N6. The number of nitrogens with zero attached hydrogens (tertiary/aromatic N) is 4. The number of nitriles is 1. The van der Waals surface area contributed by atoms with E-state index in [1.807, 2.05) is 17.7 Å². The molecule has 0 amide bonds. The van der Waals surface area contributed by atoms with E-state index in [2.05, 4.69) is 21.4 Å². The fraction of sp³-hybridized carbons (Fsp3) is 0.250. The Kier molecular flexibility index (Phi) is 3.44. The lowest BCUT2D eigenvalue weighted by atomic mass is 10.2. The summed E-state index contributed by atoms with van der Waals surface area (Å²) in [4.78, 5) is 8.11. The van der Waals surface area contributed by atoms with Crippen LogP contribution in [0.3, 0.4) is 0 Å². The second-order valence-electron chi connectivity index (χ2n) is 4.08. The largest absolute Gasteiger partial charge is 0.397 e. The molecule has 1 unspecified atom stereocenters. The maximum atomic E-state index is 9.01. The van der Waals surface area contributed by atoms with Gasteiger partial charge in [0.05, 0.1) is 23.8 Å². The summed E-state index contributed by atoms with van der Waals surface area (Å²) >= 11 is 0. The van der Waals surface area contributed by atoms with Crippen molar-refractivity contribution in [2.75, 3.05) is 11.1 Å². The minimum atomic E-state index is 0.127. The first kappa shape index (κ1) is 11.9. The molecule has 6 nitrogen and oxygen atoms in total. The molecule has 0 spiro atoms. The van der Waals surface area contributed by atoms with Crippen LogP contribution in [0.25, 0.3) is 0 Å². The van der Waals surface area contributed by atoms with Crippen LogP contribution in [0, 0.1) is 11.3 Å². The van der Waals surface area contributed by atoms with Gasteiger partial charge in [0.2, 0.25) is 0 Å². The summed E-state index contributed by atoms with van der Waals surface area (Å²) in [6, 6.07) is 3.81. The fourth-order valence-corrected chi connectivity index (χ4v) is 1.67. The van der Waals surface area contributed by atoms with Crippen LogP contribution >= 0.6 is 0 Å². The maximum Gasteiger partial charge on any atom is 0.144 e. The van der Waals surface area contributed by atoms with Gasteiger partial charge < -0.3 is 15.6 Å². The summed E-state index contributed by atoms with van der Waals surface area (Å²) in [6.45, 7) is 2.76. The van der Waals surface area contributed by atoms with Gasteiger partial charge in [0.25, 0.3) is 0 Å². The van der Waals surface area contributed by atoms with Crippen molar-refractivity contribution in [1.29, 1.82) is 5.26 Å². The molecule has 0 bridgehead atoms. The summed E-state index contributed by atoms with van der Waals surface area (Å²) in [7, 11) is 0. The smallest absolute Gasteiger partial charge is 0.144 e. The first-order valence-electron chi connectivity index (χ1n) is 5.57. The number of hydrogen-bond acceptors (Lipinski definition) is 5. The Labute approximate surface area is 105 Å². The first-order chi connectivity index (χ1) is 8.69. The molecule has 0 aliphatic carbocycles. The fourth-order valence-electron chi connectivity index (χ4n) is 1.67. The predicted molar refractivity (Wildman–Crippen MR) is 68.7 cm³/mol. The van der Waals surface area contributed by atoms with Crippen LogP contribution < -0.4 is 11.1 Å². The Morgan fingerprint density at radius 3 is 3.11 bits per heavy atom. The van der Waals surface area contributed by atoms with E-state index >= 15 is 0 Å². The zero-order valence-corrected chi connectivity index (χ0v) is 10.0. The summed E-state index contributed by atoms with van der Waals surface area (Å²) in [5.41, 5.74) is 6.53. The molecular weight excluding hydrogens is 228 g/mol. The molecule has 6 heteroatoms. The Balaban J connectivity index is 2.07. The van der Waals surface area contributed by atoms with Crippen LogP contribution in [0.15, 0.2) is 31.0 Å². The van der Waals surface area contributed by atoms with Crippen LogP contribution in [0.2, 0.25) is 0 Å². The number of anilines is 2. The lowest BCUT2D eigenvalue weighted by molar-refractivity contribution is 0.617. The second kappa shape index (κ2) is 5.19. The minimum absolute atomic E-state index is 0.127. The molecule has 3 N–H and O–H groups in total. The van der Waals surface area contributed by atoms with Gasteiger partial charge in [-0.05, 0) is 13.0 Å². The number of rotatable bonds is 4. The third kappa shape index (κ3) is 2.77. The molecule has 2 aromatic heterocycles. The summed E-state index contributed by atoms with van der Waals surface area (Å²) < 4.78 is 1.96. The van der Waals surface area contributed by atoms with Gasteiger partial charge in [0.1, 0.15) is 11.9 Å². The third-order valence-corrected chi connectivity index (χ3v) is 2.46. The van der Waals surface area contributed by atoms with E-state index in [1.165, 1.54) is 6.20 Å². The quantitative estimate of drug-likeness (QED) is 0.841. The Morgan fingerprint density at radius 2 is 2.44 bits per heavy atom. The van der Waals surface area contributed by atoms with Gasteiger partial charge >= 0.3 is 0 Å². The predicted octanol–water partition coefficient (Wildman–Crippen LogP) is 1.23. The van der Waals surface area contributed by atoms with Gasteiger partial charge in [0.15, 0.2) is 0 Å². The van der Waals surface area contributed by atoms with Gasteiger partial charge in [-0.15, -0.1) is 0 Å². The zero-order chi connectivity index (χ0) is 13.0. The highest BCUT2D eigenvalue weighted by Crippen LogP contribution is 2.15. The number of nitrogen functional groups attached to an aromatic ring is 1. The van der Waals surface area contributed by atoms with Crippen molar-refractivity contribution >= 4 is 11.5 Å². The molecule has 0 saturated heterocycles. The van der Waals surface area contributed by atoms with Crippen molar-refractivity contribution in [3.63, 3.8) is 0 Å². The Hall–Kier alpha value is -2.55. The lowest BCUT2D eigenvalue weighted by Crippen LogP contribution is -2.22. The van der Waals surface area contributed by atoms with Gasteiger partial charge in [-0.2, -0.15) is 5.26 Å². The van der Waals surface area contributed by atoms with Gasteiger partial charge in [-0.3, -0.25) is 0 Å². The SMILES string of the molecule is CC(Cn1ccnc1)Nc1ncc(N)cc1C#N. The molecule has 92 valence electrons. The first-order valence-corrected chi connectivity index (χ1v) is 5.57. The van der Waals surface area contributed by atoms with Crippen molar-refractivity contribution < 1.29 is 0 Å². The van der Waals surface area contributed by atoms with Crippen LogP contribution in [-0.2, 0) is 6.54 Å². The molecule has 1 atom stereocenters. The van der Waals surface area contributed by atoms with Crippen molar-refractivity contribution in [2.45, 2.75) is 19.5 Å². The summed E-state index contributed by atoms with van der Waals surface area (Å²) in [5, 5.41) is 12.2. The number of pyridine rings is 1. The molecule has 0 radical (unpaired) electrons. The van der Waals surface area contributed by atoms with E-state index in [1.54, 1.807) is 18.6 Å². The number of imidazole rings is 1. The van der Waals surface area contributed by atoms with E-state index in [-0.39, 0.29) is 6.04 Å². The lowest BCUT2D eigenvalue weighted by Gasteiger charge is -2.15. The monoisotopic (exact) mass is 242 g/mol. The van der Waals surface area contributed by atoms with E-state index in [0.717, 1.165) is 6.54 Å². The highest BCUT2D eigenvalue weighted by atomic mass is 15.1. The van der Waals surface area contributed by atoms with E-state index in [0.29, 0.717) is 17.1 Å². The van der Waals surface area contributed by atoms with Crippen LogP contribution in [0.4, 0.5) is 11.5 Å². The van der Waals surface area contributed by atoms with E-state index in [4.69, 9.17) is 11.0 Å². The topological polar surface area (TPSA) is 92.6 Å². The normalized spacial score (nSPS) is 11.8. The molecule has 0 saturated carbocycles. The number of hydrogen-bond donors (Lipinski definition) is 2. The second-order valence-corrected chi connectivity index (χ2v) is 4.08. The standard InChI is InChI=1S/C12H14N6/c1-9(7-18-3-2-15-8-18)17-12-10(5-13)4-11(14)6-16-12/h2-4,6,8-9H,7,14H2,1H3,(H,16,17). The van der Waals surface area contributed by atoms with Crippen LogP contribution in [0.1, 0.15) is 12.5 Å². The van der Waals surface area contributed by atoms with E-state index < -0.39 is 0 Å². The number of nitrogens with two attached hydrogens (primary N) is 1. The Morgan fingerprint density at radius 1 is 1.61 bits per heavy atom.